The zero-order valence-corrected chi connectivity index (χ0v) is 18.9. The molecule has 7 nitrogen and oxygen atoms in total. The second-order valence-corrected chi connectivity index (χ2v) is 8.27. The molecule has 1 unspecified atom stereocenters. The fraction of sp³-hybridized carbons (Fsp3) is 0.280. The van der Waals surface area contributed by atoms with E-state index in [1.54, 1.807) is 20.4 Å². The van der Waals surface area contributed by atoms with Gasteiger partial charge in [-0.3, -0.25) is 0 Å². The van der Waals surface area contributed by atoms with Gasteiger partial charge in [0.05, 0.1) is 24.8 Å². The number of hydrogen-bond acceptors (Lipinski definition) is 5. The predicted octanol–water partition coefficient (Wildman–Crippen LogP) is 4.72. The Morgan fingerprint density at radius 1 is 1.12 bits per heavy atom. The number of benzene rings is 1. The first-order chi connectivity index (χ1) is 16.0. The van der Waals surface area contributed by atoms with E-state index in [9.17, 15) is 4.39 Å². The van der Waals surface area contributed by atoms with E-state index in [0.29, 0.717) is 17.3 Å². The molecule has 1 aromatic carbocycles. The van der Waals surface area contributed by atoms with Crippen molar-refractivity contribution in [1.29, 1.82) is 0 Å². The molecular weight excluding hydrogens is 419 g/mol. The van der Waals surface area contributed by atoms with Gasteiger partial charge in [-0.2, -0.15) is 5.10 Å². The van der Waals surface area contributed by atoms with Crippen molar-refractivity contribution >= 4 is 12.2 Å². The van der Waals surface area contributed by atoms with Crippen molar-refractivity contribution in [3.8, 4) is 11.6 Å². The van der Waals surface area contributed by atoms with Crippen molar-refractivity contribution < 1.29 is 9.13 Å². The molecule has 0 saturated heterocycles. The monoisotopic (exact) mass is 444 g/mol. The van der Waals surface area contributed by atoms with Crippen LogP contribution in [0.3, 0.4) is 0 Å². The summed E-state index contributed by atoms with van der Waals surface area (Å²) in [7, 11) is 1.60. The van der Waals surface area contributed by atoms with Crippen molar-refractivity contribution in [2.24, 2.45) is 0 Å². The zero-order chi connectivity index (χ0) is 22.9. The van der Waals surface area contributed by atoms with Gasteiger partial charge in [-0.15, -0.1) is 0 Å². The number of halogens is 1. The molecule has 0 amide bonds. The molecule has 33 heavy (non-hydrogen) atoms. The van der Waals surface area contributed by atoms with Gasteiger partial charge in [0.1, 0.15) is 17.3 Å². The molecule has 3 aromatic heterocycles. The van der Waals surface area contributed by atoms with Crippen LogP contribution in [0.2, 0.25) is 0 Å². The number of fused-ring (bicyclic) bond motifs is 1. The lowest BCUT2D eigenvalue weighted by atomic mass is 9.90. The van der Waals surface area contributed by atoms with Gasteiger partial charge in [-0.05, 0) is 68.2 Å². The average molecular weight is 445 g/mol. The van der Waals surface area contributed by atoms with Crippen molar-refractivity contribution in [3.63, 3.8) is 0 Å². The quantitative estimate of drug-likeness (QED) is 0.446. The van der Waals surface area contributed by atoms with Gasteiger partial charge in [0.25, 0.3) is 0 Å². The van der Waals surface area contributed by atoms with Crippen LogP contribution in [0.25, 0.3) is 17.8 Å². The van der Waals surface area contributed by atoms with Crippen LogP contribution in [0, 0.1) is 19.7 Å². The van der Waals surface area contributed by atoms with Gasteiger partial charge < -0.3 is 9.30 Å². The number of nitrogens with zero attached hydrogens (tertiary/aromatic N) is 6. The van der Waals surface area contributed by atoms with Crippen LogP contribution in [0.5, 0.6) is 5.88 Å². The van der Waals surface area contributed by atoms with Crippen LogP contribution < -0.4 is 4.74 Å². The van der Waals surface area contributed by atoms with E-state index in [4.69, 9.17) is 9.72 Å². The first-order valence-corrected chi connectivity index (χ1v) is 11.0. The van der Waals surface area contributed by atoms with E-state index in [1.165, 1.54) is 6.07 Å². The normalized spacial score (nSPS) is 15.7. The highest BCUT2D eigenvalue weighted by Gasteiger charge is 2.25. The minimum atomic E-state index is -0.184. The number of aryl methyl sites for hydroxylation is 3. The number of pyridine rings is 1. The topological polar surface area (TPSA) is 70.7 Å². The van der Waals surface area contributed by atoms with E-state index in [1.807, 2.05) is 58.8 Å². The van der Waals surface area contributed by atoms with Gasteiger partial charge >= 0.3 is 0 Å². The van der Waals surface area contributed by atoms with Gasteiger partial charge in [-0.1, -0.05) is 12.1 Å². The van der Waals surface area contributed by atoms with Crippen LogP contribution in [0.4, 0.5) is 4.39 Å². The van der Waals surface area contributed by atoms with Crippen LogP contribution >= 0.6 is 0 Å². The van der Waals surface area contributed by atoms with E-state index >= 15 is 0 Å². The summed E-state index contributed by atoms with van der Waals surface area (Å²) in [5.41, 5.74) is 4.22. The lowest BCUT2D eigenvalue weighted by Crippen LogP contribution is -2.18. The van der Waals surface area contributed by atoms with Crippen LogP contribution in [-0.4, -0.2) is 36.4 Å². The molecule has 0 saturated carbocycles. The second kappa shape index (κ2) is 8.61. The Balaban J connectivity index is 1.41. The Hall–Kier alpha value is -3.81. The molecule has 0 N–H and O–H groups in total. The zero-order valence-electron chi connectivity index (χ0n) is 18.9. The van der Waals surface area contributed by atoms with Crippen LogP contribution in [0.1, 0.15) is 52.9 Å². The second-order valence-electron chi connectivity index (χ2n) is 8.27. The number of methoxy groups -OCH3 is 1. The third kappa shape index (κ3) is 4.16. The summed E-state index contributed by atoms with van der Waals surface area (Å²) in [5.74, 6) is 1.99. The van der Waals surface area contributed by atoms with Crippen molar-refractivity contribution in [2.75, 3.05) is 7.11 Å². The number of ether oxygens (including phenoxy) is 1. The molecule has 8 heteroatoms. The van der Waals surface area contributed by atoms with Gasteiger partial charge in [-0.25, -0.2) is 24.0 Å². The molecule has 5 rings (SSSR count). The third-order valence-corrected chi connectivity index (χ3v) is 5.92. The lowest BCUT2D eigenvalue weighted by molar-refractivity contribution is 0.395. The smallest absolute Gasteiger partial charge is 0.238 e. The average Bonchev–Trinajstić information content (AvgIpc) is 3.45. The fourth-order valence-corrected chi connectivity index (χ4v) is 4.24. The maximum atomic E-state index is 13.7. The molecule has 4 heterocycles. The Morgan fingerprint density at radius 2 is 2.00 bits per heavy atom. The molecule has 0 fully saturated rings. The Bertz CT molecular complexity index is 1340. The standard InChI is InChI=1S/C25H25FN6O/c1-16-13-18(6-9-21(16)26)20-5-4-12-32-24(20)29-23(30-32)11-8-19-7-10-22(25(28-19)33-3)31-14-17(2)27-15-31/h6-11,13-15,20H,4-5,12H2,1-3H3/b11-8+. The van der Waals surface area contributed by atoms with Crippen LogP contribution in [-0.2, 0) is 6.54 Å². The maximum absolute atomic E-state index is 13.7. The summed E-state index contributed by atoms with van der Waals surface area (Å²) >= 11 is 0. The number of rotatable bonds is 5. The van der Waals surface area contributed by atoms with Gasteiger partial charge in [0.15, 0.2) is 5.82 Å². The van der Waals surface area contributed by atoms with Crippen LogP contribution in [0.15, 0.2) is 42.9 Å². The molecular formula is C25H25FN6O. The molecule has 4 aromatic rings. The first-order valence-electron chi connectivity index (χ1n) is 11.0. The fourth-order valence-electron chi connectivity index (χ4n) is 4.24. The highest BCUT2D eigenvalue weighted by molar-refractivity contribution is 5.65. The van der Waals surface area contributed by atoms with Gasteiger partial charge in [0.2, 0.25) is 5.88 Å². The molecule has 1 aliphatic heterocycles. The Kier molecular flexibility index (Phi) is 5.50. The minimum Gasteiger partial charge on any atom is -0.479 e. The third-order valence-electron chi connectivity index (χ3n) is 5.92. The van der Waals surface area contributed by atoms with Crippen molar-refractivity contribution in [2.45, 2.75) is 39.2 Å². The molecule has 1 atom stereocenters. The summed E-state index contributed by atoms with van der Waals surface area (Å²) in [5, 5.41) is 4.67. The number of aromatic nitrogens is 6. The molecule has 0 radical (unpaired) electrons. The minimum absolute atomic E-state index is 0.115. The van der Waals surface area contributed by atoms with E-state index in [0.717, 1.165) is 47.8 Å². The maximum Gasteiger partial charge on any atom is 0.238 e. The van der Waals surface area contributed by atoms with E-state index in [2.05, 4.69) is 15.1 Å². The molecule has 168 valence electrons. The predicted molar refractivity (Wildman–Crippen MR) is 124 cm³/mol. The van der Waals surface area contributed by atoms with E-state index < -0.39 is 0 Å². The first kappa shape index (κ1) is 21.1. The summed E-state index contributed by atoms with van der Waals surface area (Å²) in [6, 6.07) is 9.18. The summed E-state index contributed by atoms with van der Waals surface area (Å²) in [6.07, 6.45) is 9.39. The lowest BCUT2D eigenvalue weighted by Gasteiger charge is -2.22. The molecule has 0 aliphatic carbocycles. The summed E-state index contributed by atoms with van der Waals surface area (Å²) < 4.78 is 23.1. The number of imidazole rings is 1. The van der Waals surface area contributed by atoms with Crippen molar-refractivity contribution in [3.05, 3.63) is 82.8 Å². The summed E-state index contributed by atoms with van der Waals surface area (Å²) in [4.78, 5) is 13.6. The molecule has 0 spiro atoms. The SMILES string of the molecule is COc1nc(/C=C/c2nc3n(n2)CCCC3c2ccc(F)c(C)c2)ccc1-n1cnc(C)c1. The Morgan fingerprint density at radius 3 is 2.76 bits per heavy atom. The number of hydrogen-bond donors (Lipinski definition) is 0. The van der Waals surface area contributed by atoms with Gasteiger partial charge in [0, 0.05) is 18.7 Å². The highest BCUT2D eigenvalue weighted by atomic mass is 19.1. The Labute approximate surface area is 191 Å². The highest BCUT2D eigenvalue weighted by Crippen LogP contribution is 2.33. The molecule has 1 aliphatic rings. The summed E-state index contributed by atoms with van der Waals surface area (Å²) in [6.45, 7) is 4.56. The molecule has 0 bridgehead atoms. The van der Waals surface area contributed by atoms with Crippen molar-refractivity contribution in [1.82, 2.24) is 29.3 Å². The van der Waals surface area contributed by atoms with E-state index in [-0.39, 0.29) is 11.7 Å². The largest absolute Gasteiger partial charge is 0.479 e.